The summed E-state index contributed by atoms with van der Waals surface area (Å²) in [6.07, 6.45) is 4.77. The molecular formula is C34H38Cl2N2O4. The molecule has 0 unspecified atom stereocenters. The highest BCUT2D eigenvalue weighted by atomic mass is 35.5. The third kappa shape index (κ3) is 8.15. The second kappa shape index (κ2) is 14.2. The van der Waals surface area contributed by atoms with Gasteiger partial charge in [-0.25, -0.2) is 4.99 Å². The molecule has 1 amide bonds. The van der Waals surface area contributed by atoms with E-state index in [1.54, 1.807) is 18.2 Å². The number of amides is 1. The first-order valence-electron chi connectivity index (χ1n) is 14.2. The first-order chi connectivity index (χ1) is 20.1. The summed E-state index contributed by atoms with van der Waals surface area (Å²) in [5, 5.41) is 13.1. The van der Waals surface area contributed by atoms with Gasteiger partial charge in [0.2, 0.25) is 5.90 Å². The van der Waals surface area contributed by atoms with Crippen molar-refractivity contribution in [3.63, 3.8) is 0 Å². The molecule has 1 aliphatic rings. The van der Waals surface area contributed by atoms with E-state index in [1.807, 2.05) is 66.7 Å². The monoisotopic (exact) mass is 608 g/mol. The van der Waals surface area contributed by atoms with Crippen LogP contribution in [0.15, 0.2) is 83.9 Å². The van der Waals surface area contributed by atoms with Gasteiger partial charge in [-0.1, -0.05) is 92.5 Å². The largest absolute Gasteiger partial charge is 0.494 e. The van der Waals surface area contributed by atoms with Crippen LogP contribution in [0, 0.1) is 5.41 Å². The number of carbonyl (C=O) groups excluding carboxylic acids is 1. The molecule has 1 heterocycles. The van der Waals surface area contributed by atoms with Gasteiger partial charge in [-0.3, -0.25) is 4.79 Å². The first kappa shape index (κ1) is 31.6. The van der Waals surface area contributed by atoms with Crippen molar-refractivity contribution in [2.45, 2.75) is 51.7 Å². The molecule has 0 aliphatic carbocycles. The minimum Gasteiger partial charge on any atom is -0.494 e. The Morgan fingerprint density at radius 1 is 1.10 bits per heavy atom. The van der Waals surface area contributed by atoms with Crippen molar-refractivity contribution < 1.29 is 19.4 Å². The van der Waals surface area contributed by atoms with Crippen LogP contribution in [0.2, 0.25) is 10.0 Å². The van der Waals surface area contributed by atoms with Crippen LogP contribution in [0.3, 0.4) is 0 Å². The number of nitrogens with zero attached hydrogens (tertiary/aromatic N) is 1. The normalized spacial score (nSPS) is 18.5. The lowest BCUT2D eigenvalue weighted by Crippen LogP contribution is -2.48. The fourth-order valence-corrected chi connectivity index (χ4v) is 5.16. The van der Waals surface area contributed by atoms with Crippen LogP contribution >= 0.6 is 23.2 Å². The van der Waals surface area contributed by atoms with Gasteiger partial charge in [0, 0.05) is 47.2 Å². The van der Waals surface area contributed by atoms with Gasteiger partial charge < -0.3 is 19.9 Å². The van der Waals surface area contributed by atoms with Crippen molar-refractivity contribution >= 4 is 41.1 Å². The highest BCUT2D eigenvalue weighted by molar-refractivity contribution is 6.35. The maximum absolute atomic E-state index is 14.2. The van der Waals surface area contributed by atoms with Crippen molar-refractivity contribution in [1.29, 1.82) is 0 Å². The maximum atomic E-state index is 14.2. The van der Waals surface area contributed by atoms with Gasteiger partial charge in [0.1, 0.15) is 5.75 Å². The third-order valence-electron chi connectivity index (χ3n) is 6.97. The molecule has 0 saturated carbocycles. The van der Waals surface area contributed by atoms with Crippen LogP contribution in [-0.2, 0) is 9.53 Å². The molecule has 222 valence electrons. The van der Waals surface area contributed by atoms with Crippen molar-refractivity contribution in [3.05, 3.63) is 106 Å². The maximum Gasteiger partial charge on any atom is 0.252 e. The number of aliphatic imine (C=N–C) groups is 1. The van der Waals surface area contributed by atoms with E-state index in [-0.39, 0.29) is 24.3 Å². The lowest BCUT2D eigenvalue weighted by Gasteiger charge is -2.31. The molecule has 3 aromatic rings. The van der Waals surface area contributed by atoms with Gasteiger partial charge in [-0.2, -0.15) is 0 Å². The molecule has 8 heteroatoms. The molecule has 0 fully saturated rings. The molecule has 6 nitrogen and oxygen atoms in total. The molecule has 4 rings (SSSR count). The van der Waals surface area contributed by atoms with Crippen molar-refractivity contribution in [1.82, 2.24) is 5.32 Å². The first-order valence-corrected chi connectivity index (χ1v) is 14.9. The van der Waals surface area contributed by atoms with Gasteiger partial charge in [0.05, 0.1) is 6.61 Å². The fraction of sp³-hybridized carbons (Fsp3) is 0.353. The molecule has 0 saturated heterocycles. The molecule has 0 bridgehead atoms. The molecular weight excluding hydrogens is 571 g/mol. The molecule has 3 aromatic carbocycles. The number of aliphatic hydroxyl groups is 1. The van der Waals surface area contributed by atoms with E-state index in [2.05, 4.69) is 26.1 Å². The summed E-state index contributed by atoms with van der Waals surface area (Å²) in [6, 6.07) is 22.4. The summed E-state index contributed by atoms with van der Waals surface area (Å²) >= 11 is 12.9. The van der Waals surface area contributed by atoms with Crippen molar-refractivity contribution in [2.24, 2.45) is 10.4 Å². The molecule has 42 heavy (non-hydrogen) atoms. The third-order valence-corrected chi connectivity index (χ3v) is 7.54. The SMILES string of the molecule is CC(C)(C)CCNC(=O)[C@]1(C/C=C/c2ccccc2)N=C(c2ccc(OCCCO)cc2)O[C@@H]1c1ccc(Cl)cc1Cl. The van der Waals surface area contributed by atoms with E-state index in [9.17, 15) is 4.79 Å². The lowest BCUT2D eigenvalue weighted by atomic mass is 9.83. The smallest absolute Gasteiger partial charge is 0.252 e. The van der Waals surface area contributed by atoms with Crippen LogP contribution < -0.4 is 10.1 Å². The van der Waals surface area contributed by atoms with Crippen molar-refractivity contribution in [2.75, 3.05) is 19.8 Å². The zero-order valence-corrected chi connectivity index (χ0v) is 25.8. The average Bonchev–Trinajstić information content (AvgIpc) is 3.34. The van der Waals surface area contributed by atoms with E-state index in [1.165, 1.54) is 0 Å². The Hall–Kier alpha value is -3.32. The summed E-state index contributed by atoms with van der Waals surface area (Å²) in [4.78, 5) is 19.2. The number of aliphatic hydroxyl groups excluding tert-OH is 1. The van der Waals surface area contributed by atoms with E-state index in [0.29, 0.717) is 52.4 Å². The summed E-state index contributed by atoms with van der Waals surface area (Å²) in [5.41, 5.74) is 1.07. The quantitative estimate of drug-likeness (QED) is 0.207. The number of hydrogen-bond donors (Lipinski definition) is 2. The highest BCUT2D eigenvalue weighted by Crippen LogP contribution is 2.45. The lowest BCUT2D eigenvalue weighted by molar-refractivity contribution is -0.128. The zero-order chi connectivity index (χ0) is 30.2. The second-order valence-electron chi connectivity index (χ2n) is 11.5. The van der Waals surface area contributed by atoms with E-state index < -0.39 is 11.6 Å². The molecule has 2 atom stereocenters. The molecule has 0 spiro atoms. The number of ether oxygens (including phenoxy) is 2. The second-order valence-corrected chi connectivity index (χ2v) is 12.4. The Balaban J connectivity index is 1.75. The Morgan fingerprint density at radius 2 is 1.83 bits per heavy atom. The zero-order valence-electron chi connectivity index (χ0n) is 24.3. The fourth-order valence-electron chi connectivity index (χ4n) is 4.65. The number of hydrogen-bond acceptors (Lipinski definition) is 5. The Bertz CT molecular complexity index is 1400. The summed E-state index contributed by atoms with van der Waals surface area (Å²) in [7, 11) is 0. The predicted octanol–water partition coefficient (Wildman–Crippen LogP) is 7.67. The van der Waals surface area contributed by atoms with Gasteiger partial charge in [-0.15, -0.1) is 0 Å². The van der Waals surface area contributed by atoms with E-state index in [0.717, 1.165) is 12.0 Å². The van der Waals surface area contributed by atoms with Gasteiger partial charge >= 0.3 is 0 Å². The standard InChI is InChI=1S/C34H38Cl2N2O4/c1-33(2,3)19-20-37-32(40)34(18-7-11-24-9-5-4-6-10-24)30(28-17-14-26(35)23-29(28)36)42-31(38-34)25-12-15-27(16-13-25)41-22-8-21-39/h4-7,9-17,23,30,39H,8,18-22H2,1-3H3,(H,37,40)/b11-7+/t30-,34-/m1/s1. The number of benzene rings is 3. The van der Waals surface area contributed by atoms with Crippen LogP contribution in [0.5, 0.6) is 5.75 Å². The van der Waals surface area contributed by atoms with Crippen LogP contribution in [0.4, 0.5) is 0 Å². The van der Waals surface area contributed by atoms with Gasteiger partial charge in [0.15, 0.2) is 11.6 Å². The summed E-state index contributed by atoms with van der Waals surface area (Å²) < 4.78 is 12.2. The highest BCUT2D eigenvalue weighted by Gasteiger charge is 2.53. The van der Waals surface area contributed by atoms with E-state index in [4.69, 9.17) is 42.8 Å². The molecule has 0 radical (unpaired) electrons. The Labute approximate surface area is 258 Å². The average molecular weight is 610 g/mol. The minimum atomic E-state index is -1.33. The summed E-state index contributed by atoms with van der Waals surface area (Å²) in [6.45, 7) is 7.39. The van der Waals surface area contributed by atoms with Crippen LogP contribution in [0.25, 0.3) is 6.08 Å². The molecule has 1 aliphatic heterocycles. The van der Waals surface area contributed by atoms with Crippen molar-refractivity contribution in [3.8, 4) is 5.75 Å². The van der Waals surface area contributed by atoms with Crippen LogP contribution in [0.1, 0.15) is 62.8 Å². The van der Waals surface area contributed by atoms with Gasteiger partial charge in [-0.05, 0) is 53.8 Å². The predicted molar refractivity (Wildman–Crippen MR) is 170 cm³/mol. The van der Waals surface area contributed by atoms with Gasteiger partial charge in [0.25, 0.3) is 5.91 Å². The number of carbonyl (C=O) groups is 1. The van der Waals surface area contributed by atoms with Crippen LogP contribution in [-0.4, -0.2) is 42.2 Å². The number of rotatable bonds is 12. The topological polar surface area (TPSA) is 80.2 Å². The Morgan fingerprint density at radius 3 is 2.50 bits per heavy atom. The molecule has 2 N–H and O–H groups in total. The minimum absolute atomic E-state index is 0.0497. The number of halogens is 2. The number of nitrogens with one attached hydrogen (secondary N) is 1. The Kier molecular flexibility index (Phi) is 10.7. The summed E-state index contributed by atoms with van der Waals surface area (Å²) in [5.74, 6) is 0.770. The van der Waals surface area contributed by atoms with E-state index >= 15 is 0 Å². The molecule has 0 aromatic heterocycles.